The van der Waals surface area contributed by atoms with Crippen LogP contribution >= 0.6 is 0 Å². The van der Waals surface area contributed by atoms with E-state index in [-0.39, 0.29) is 14.1 Å². The van der Waals surface area contributed by atoms with Crippen LogP contribution in [0.5, 0.6) is 0 Å². The minimum absolute atomic E-state index is 0. The van der Waals surface area contributed by atoms with Gasteiger partial charge >= 0.3 is 111 Å². The molecule has 21 heavy (non-hydrogen) atoms. The summed E-state index contributed by atoms with van der Waals surface area (Å²) in [6.45, 7) is 6.00. The van der Waals surface area contributed by atoms with Crippen molar-refractivity contribution in [1.82, 2.24) is 0 Å². The van der Waals surface area contributed by atoms with Gasteiger partial charge in [-0.3, -0.25) is 14.1 Å². The SMILES string of the molecule is F.F.F.b1ccccc1.b1ccccc1.b1ccccc1. The molecule has 0 atom stereocenters. The van der Waals surface area contributed by atoms with Gasteiger partial charge in [0.2, 0.25) is 0 Å². The molecule has 0 nitrogen and oxygen atoms in total. The maximum atomic E-state index is 2.00. The molecule has 0 amide bonds. The molecule has 0 radical (unpaired) electrons. The number of hydrogen-bond acceptors (Lipinski definition) is 0. The van der Waals surface area contributed by atoms with Crippen molar-refractivity contribution in [1.29, 1.82) is 0 Å². The van der Waals surface area contributed by atoms with Crippen LogP contribution in [0.15, 0.2) is 90.4 Å². The third-order valence-electron chi connectivity index (χ3n) is 2.00. The van der Waals surface area contributed by atoms with Crippen LogP contribution < -0.4 is 0 Å². The minimum atomic E-state index is 0. The second-order valence-electron chi connectivity index (χ2n) is 3.46. The molecule has 0 saturated heterocycles. The molecule has 0 unspecified atom stereocenters. The van der Waals surface area contributed by atoms with Gasteiger partial charge in [-0.2, -0.15) is 0 Å². The average molecular weight is 288 g/mol. The van der Waals surface area contributed by atoms with Gasteiger partial charge in [0.25, 0.3) is 0 Å². The van der Waals surface area contributed by atoms with Gasteiger partial charge in [0, 0.05) is 0 Å². The van der Waals surface area contributed by atoms with Crippen LogP contribution in [0.2, 0.25) is 0 Å². The Morgan fingerprint density at radius 1 is 0.286 bits per heavy atom. The van der Waals surface area contributed by atoms with E-state index in [2.05, 4.69) is 0 Å². The summed E-state index contributed by atoms with van der Waals surface area (Å²) in [7, 11) is 0. The van der Waals surface area contributed by atoms with Crippen molar-refractivity contribution in [2.45, 2.75) is 0 Å². The molecule has 0 aliphatic heterocycles. The second-order valence-corrected chi connectivity index (χ2v) is 3.46. The van der Waals surface area contributed by atoms with Gasteiger partial charge in [-0.05, 0) is 0 Å². The van der Waals surface area contributed by atoms with Gasteiger partial charge < -0.3 is 0 Å². The third kappa shape index (κ3) is 18.0. The predicted octanol–water partition coefficient (Wildman–Crippen LogP) is 3.53. The van der Waals surface area contributed by atoms with Crippen molar-refractivity contribution in [3.63, 3.8) is 0 Å². The molecule has 0 N–H and O–H groups in total. The molecule has 3 aromatic heterocycles. The molecular formula is C15H18B3F3. The van der Waals surface area contributed by atoms with E-state index in [1.54, 1.807) is 0 Å². The van der Waals surface area contributed by atoms with Gasteiger partial charge in [0.15, 0.2) is 0 Å². The summed E-state index contributed by atoms with van der Waals surface area (Å²) in [6, 6.07) is 18.0. The van der Waals surface area contributed by atoms with Crippen LogP contribution in [-0.4, -0.2) is 20.7 Å². The number of halogens is 3. The molecule has 6 heteroatoms. The molecule has 3 rings (SSSR count). The van der Waals surface area contributed by atoms with Crippen molar-refractivity contribution < 1.29 is 14.1 Å². The molecule has 0 spiro atoms. The van der Waals surface area contributed by atoms with Gasteiger partial charge in [0.1, 0.15) is 0 Å². The molecule has 0 bridgehead atoms. The van der Waals surface area contributed by atoms with Gasteiger partial charge in [-0.1, -0.05) is 0 Å². The van der Waals surface area contributed by atoms with Crippen LogP contribution in [0.1, 0.15) is 0 Å². The summed E-state index contributed by atoms with van der Waals surface area (Å²) in [5.74, 6) is 12.0. The summed E-state index contributed by atoms with van der Waals surface area (Å²) in [4.78, 5) is 0. The molecular weight excluding hydrogens is 270 g/mol. The topological polar surface area (TPSA) is 0 Å². The molecule has 0 aromatic carbocycles. The van der Waals surface area contributed by atoms with E-state index in [1.165, 1.54) is 0 Å². The summed E-state index contributed by atoms with van der Waals surface area (Å²) in [5, 5.41) is 0. The first-order valence-corrected chi connectivity index (χ1v) is 6.00. The quantitative estimate of drug-likeness (QED) is 0.593. The Bertz CT molecular complexity index is 315. The average Bonchev–Trinajstić information content (AvgIpc) is 2.54. The third-order valence-corrected chi connectivity index (χ3v) is 2.00. The molecule has 0 aliphatic rings. The fourth-order valence-corrected chi connectivity index (χ4v) is 1.15. The predicted molar refractivity (Wildman–Crippen MR) is 90.9 cm³/mol. The summed E-state index contributed by atoms with van der Waals surface area (Å²) >= 11 is 0. The van der Waals surface area contributed by atoms with Crippen molar-refractivity contribution in [2.75, 3.05) is 0 Å². The molecule has 3 aromatic rings. The maximum absolute atomic E-state index is 2.00. The summed E-state index contributed by atoms with van der Waals surface area (Å²) in [6.07, 6.45) is 0. The molecule has 0 fully saturated rings. The van der Waals surface area contributed by atoms with Crippen LogP contribution in [0.3, 0.4) is 0 Å². The summed E-state index contributed by atoms with van der Waals surface area (Å²) in [5.41, 5.74) is 0. The fourth-order valence-electron chi connectivity index (χ4n) is 1.15. The Balaban J connectivity index is -0.000000216. The van der Waals surface area contributed by atoms with Crippen molar-refractivity contribution in [3.8, 4) is 0 Å². The van der Waals surface area contributed by atoms with Crippen LogP contribution in [-0.2, 0) is 0 Å². The molecule has 0 saturated carbocycles. The first-order valence-electron chi connectivity index (χ1n) is 6.00. The number of hydrogen-bond donors (Lipinski definition) is 0. The molecule has 3 heterocycles. The van der Waals surface area contributed by atoms with Crippen molar-refractivity contribution in [3.05, 3.63) is 90.4 Å². The summed E-state index contributed by atoms with van der Waals surface area (Å²) < 4.78 is 0. The van der Waals surface area contributed by atoms with E-state index in [1.807, 2.05) is 111 Å². The Morgan fingerprint density at radius 2 is 0.476 bits per heavy atom. The van der Waals surface area contributed by atoms with E-state index in [0.29, 0.717) is 0 Å². The van der Waals surface area contributed by atoms with E-state index in [0.717, 1.165) is 0 Å². The van der Waals surface area contributed by atoms with E-state index < -0.39 is 0 Å². The van der Waals surface area contributed by atoms with Crippen LogP contribution in [0, 0.1) is 0 Å². The van der Waals surface area contributed by atoms with E-state index in [9.17, 15) is 0 Å². The van der Waals surface area contributed by atoms with Gasteiger partial charge in [-0.25, -0.2) is 0 Å². The fraction of sp³-hybridized carbons (Fsp3) is 0. The normalized spacial score (nSPS) is 6.29. The van der Waals surface area contributed by atoms with E-state index >= 15 is 0 Å². The Kier molecular flexibility index (Phi) is 23.3. The first kappa shape index (κ1) is 24.1. The molecule has 0 aliphatic carbocycles. The first-order chi connectivity index (χ1) is 9.00. The zero-order valence-corrected chi connectivity index (χ0v) is 11.6. The van der Waals surface area contributed by atoms with Gasteiger partial charge in [-0.15, -0.1) is 0 Å². The zero-order valence-electron chi connectivity index (χ0n) is 11.6. The Hall–Kier alpha value is -1.97. The monoisotopic (exact) mass is 288 g/mol. The zero-order chi connectivity index (χ0) is 12.7. The van der Waals surface area contributed by atoms with Crippen molar-refractivity contribution >= 4 is 20.7 Å². The standard InChI is InChI=1S/3C5H5B.3FH/c3*1-2-4-6-5-3-1;;;/h3*1-5H;3*1H. The Morgan fingerprint density at radius 3 is 0.524 bits per heavy atom. The molecule has 108 valence electrons. The second kappa shape index (κ2) is 20.4. The van der Waals surface area contributed by atoms with Crippen LogP contribution in [0.25, 0.3) is 0 Å². The number of rotatable bonds is 0. The Labute approximate surface area is 126 Å². The van der Waals surface area contributed by atoms with Gasteiger partial charge in [0.05, 0.1) is 0 Å². The van der Waals surface area contributed by atoms with Crippen LogP contribution in [0.4, 0.5) is 14.1 Å². The van der Waals surface area contributed by atoms with Crippen molar-refractivity contribution in [2.24, 2.45) is 0 Å². The van der Waals surface area contributed by atoms with E-state index in [4.69, 9.17) is 0 Å².